The van der Waals surface area contributed by atoms with Crippen molar-refractivity contribution in [1.82, 2.24) is 10.6 Å². The number of Topliss-reactive ketones (excluding diaryl/α,β-unsaturated/α-hetero) is 2. The zero-order valence-corrected chi connectivity index (χ0v) is 25.1. The highest BCUT2D eigenvalue weighted by Gasteiger charge is 2.85. The highest BCUT2D eigenvalue weighted by molar-refractivity contribution is 6.32. The van der Waals surface area contributed by atoms with Gasteiger partial charge in [-0.05, 0) is 56.4 Å². The van der Waals surface area contributed by atoms with Crippen LogP contribution in [0.2, 0.25) is 0 Å². The molecule has 42 heavy (non-hydrogen) atoms. The van der Waals surface area contributed by atoms with Crippen LogP contribution in [-0.4, -0.2) is 66.7 Å². The molecule has 3 atom stereocenters. The van der Waals surface area contributed by atoms with Gasteiger partial charge in [-0.2, -0.15) is 0 Å². The predicted molar refractivity (Wildman–Crippen MR) is 161 cm³/mol. The fraction of sp³-hybridized carbons (Fsp3) is 0.545. The number of ether oxygens (including phenoxy) is 2. The third kappa shape index (κ3) is 6.23. The van der Waals surface area contributed by atoms with Crippen LogP contribution in [0.5, 0.6) is 0 Å². The molecule has 228 valence electrons. The number of aliphatic hydroxyl groups is 1. The Morgan fingerprint density at radius 2 is 1.93 bits per heavy atom. The molecule has 1 fully saturated rings. The Labute approximate surface area is 248 Å². The van der Waals surface area contributed by atoms with Gasteiger partial charge in [-0.15, -0.1) is 0 Å². The summed E-state index contributed by atoms with van der Waals surface area (Å²) in [7, 11) is 0. The molecule has 0 aromatic heterocycles. The molecule has 0 amide bonds. The first-order valence-corrected chi connectivity index (χ1v) is 15.2. The molecule has 1 saturated heterocycles. The number of carbonyl (C=O) groups excluding carboxylic acids is 3. The number of ketones is 2. The lowest BCUT2D eigenvalue weighted by atomic mass is 9.71. The van der Waals surface area contributed by atoms with Gasteiger partial charge in [0.2, 0.25) is 5.78 Å². The fourth-order valence-corrected chi connectivity index (χ4v) is 5.95. The number of fused-ring (bicyclic) bond motifs is 2. The summed E-state index contributed by atoms with van der Waals surface area (Å²) >= 11 is 0. The number of nitrogens with one attached hydrogen (secondary N) is 2. The van der Waals surface area contributed by atoms with Crippen molar-refractivity contribution >= 4 is 17.5 Å². The van der Waals surface area contributed by atoms with Gasteiger partial charge in [0.05, 0.1) is 19.0 Å². The summed E-state index contributed by atoms with van der Waals surface area (Å²) in [5.74, 6) is -1.14. The summed E-state index contributed by atoms with van der Waals surface area (Å²) < 4.78 is 11.8. The molecule has 3 aliphatic rings. The van der Waals surface area contributed by atoms with Gasteiger partial charge in [0.25, 0.3) is 5.60 Å². The first-order chi connectivity index (χ1) is 20.2. The summed E-state index contributed by atoms with van der Waals surface area (Å²) in [6.45, 7) is 8.11. The second-order valence-corrected chi connectivity index (χ2v) is 11.6. The number of esters is 1. The zero-order valence-electron chi connectivity index (χ0n) is 25.1. The van der Waals surface area contributed by atoms with E-state index in [1.165, 1.54) is 0 Å². The predicted octanol–water partition coefficient (Wildman–Crippen LogP) is 3.73. The van der Waals surface area contributed by atoms with E-state index >= 15 is 0 Å². The molecule has 0 spiro atoms. The van der Waals surface area contributed by atoms with Crippen LogP contribution in [0.25, 0.3) is 0 Å². The van der Waals surface area contributed by atoms with E-state index in [4.69, 9.17) is 15.2 Å². The minimum atomic E-state index is -2.06. The standard InChI is InChI=1S/C33H45N3O6/c1-4-6-9-24(19-35-15-5-2)21-41-31(40)33-30(39)27-11-8-7-10-26(27)29(38)32(33,42-33)18-25(20-37)22(3)12-13-23-14-16-36-28(34)17-23/h7-8,10-11,14,17,24,35-37H,4-6,9,12-13,15-16,18-21,34H2,1-3H3/b25-22-/t24-,32+,33+/m1/s1. The van der Waals surface area contributed by atoms with Gasteiger partial charge in [0.15, 0.2) is 11.4 Å². The van der Waals surface area contributed by atoms with Crippen LogP contribution >= 0.6 is 0 Å². The normalized spacial score (nSPS) is 24.0. The molecule has 9 heteroatoms. The van der Waals surface area contributed by atoms with Crippen LogP contribution in [0.1, 0.15) is 86.4 Å². The van der Waals surface area contributed by atoms with Crippen molar-refractivity contribution < 1.29 is 29.0 Å². The number of hydrogen-bond donors (Lipinski definition) is 4. The topological polar surface area (TPSA) is 143 Å². The molecule has 1 aliphatic carbocycles. The third-order valence-electron chi connectivity index (χ3n) is 8.58. The molecule has 5 N–H and O–H groups in total. The van der Waals surface area contributed by atoms with Crippen LogP contribution in [-0.2, 0) is 14.3 Å². The Balaban J connectivity index is 1.59. The van der Waals surface area contributed by atoms with E-state index in [1.54, 1.807) is 24.3 Å². The molecular weight excluding hydrogens is 534 g/mol. The number of rotatable bonds is 16. The van der Waals surface area contributed by atoms with Gasteiger partial charge in [0.1, 0.15) is 0 Å². The average molecular weight is 580 g/mol. The number of allylic oxidation sites excluding steroid dienone is 3. The molecule has 1 aromatic rings. The van der Waals surface area contributed by atoms with Crippen LogP contribution in [0.3, 0.4) is 0 Å². The Bertz CT molecular complexity index is 1280. The maximum Gasteiger partial charge on any atom is 0.350 e. The molecule has 0 radical (unpaired) electrons. The molecule has 4 rings (SSSR count). The minimum Gasteiger partial charge on any atom is -0.463 e. The van der Waals surface area contributed by atoms with Gasteiger partial charge in [0, 0.05) is 36.6 Å². The summed E-state index contributed by atoms with van der Waals surface area (Å²) in [6, 6.07) is 6.49. The van der Waals surface area contributed by atoms with Crippen LogP contribution in [0.15, 0.2) is 59.0 Å². The molecule has 0 saturated carbocycles. The SMILES string of the molecule is CCCC[C@H](CNCCC)COC(=O)[C@]12O[C@@]1(C/C(CO)=C(\C)CCC1=CCNC(N)=C1)C(=O)c1ccccc1C2=O. The Morgan fingerprint density at radius 3 is 2.60 bits per heavy atom. The van der Waals surface area contributed by atoms with Crippen LogP contribution in [0, 0.1) is 5.92 Å². The van der Waals surface area contributed by atoms with Crippen molar-refractivity contribution in [2.45, 2.75) is 76.9 Å². The summed E-state index contributed by atoms with van der Waals surface area (Å²) in [6.07, 6.45) is 9.05. The van der Waals surface area contributed by atoms with Crippen molar-refractivity contribution in [3.8, 4) is 0 Å². The van der Waals surface area contributed by atoms with Crippen molar-refractivity contribution in [1.29, 1.82) is 0 Å². The second-order valence-electron chi connectivity index (χ2n) is 11.6. The van der Waals surface area contributed by atoms with Crippen molar-refractivity contribution in [3.63, 3.8) is 0 Å². The van der Waals surface area contributed by atoms with Crippen molar-refractivity contribution in [3.05, 3.63) is 70.1 Å². The largest absolute Gasteiger partial charge is 0.463 e. The smallest absolute Gasteiger partial charge is 0.350 e. The molecule has 2 heterocycles. The highest BCUT2D eigenvalue weighted by Crippen LogP contribution is 2.59. The van der Waals surface area contributed by atoms with E-state index in [2.05, 4.69) is 30.6 Å². The Morgan fingerprint density at radius 1 is 1.19 bits per heavy atom. The fourth-order valence-electron chi connectivity index (χ4n) is 5.95. The highest BCUT2D eigenvalue weighted by atomic mass is 16.7. The Hall–Kier alpha value is -3.27. The number of nitrogens with two attached hydrogens (primary N) is 1. The summed E-state index contributed by atoms with van der Waals surface area (Å²) in [5.41, 5.74) is 5.00. The molecule has 2 aliphatic heterocycles. The number of dihydropyridines is 1. The van der Waals surface area contributed by atoms with Gasteiger partial charge >= 0.3 is 5.97 Å². The van der Waals surface area contributed by atoms with E-state index in [-0.39, 0.29) is 36.7 Å². The van der Waals surface area contributed by atoms with Crippen LogP contribution < -0.4 is 16.4 Å². The second kappa shape index (κ2) is 13.8. The van der Waals surface area contributed by atoms with Gasteiger partial charge in [-0.1, -0.05) is 62.6 Å². The van der Waals surface area contributed by atoms with Gasteiger partial charge < -0.3 is 30.9 Å². The third-order valence-corrected chi connectivity index (χ3v) is 8.58. The first-order valence-electron chi connectivity index (χ1n) is 15.2. The lowest BCUT2D eigenvalue weighted by Crippen LogP contribution is -2.51. The maximum atomic E-state index is 14.0. The number of carbonyl (C=O) groups is 3. The lowest BCUT2D eigenvalue weighted by molar-refractivity contribution is -0.149. The average Bonchev–Trinajstić information content (AvgIpc) is 3.70. The summed E-state index contributed by atoms with van der Waals surface area (Å²) in [5, 5.41) is 16.8. The molecule has 0 unspecified atom stereocenters. The van der Waals surface area contributed by atoms with E-state index < -0.39 is 28.7 Å². The van der Waals surface area contributed by atoms with Crippen molar-refractivity contribution in [2.24, 2.45) is 11.7 Å². The zero-order chi connectivity index (χ0) is 30.3. The van der Waals surface area contributed by atoms with Crippen LogP contribution in [0.4, 0.5) is 0 Å². The number of benzene rings is 1. The van der Waals surface area contributed by atoms with Crippen molar-refractivity contribution in [2.75, 3.05) is 32.8 Å². The minimum absolute atomic E-state index is 0.0702. The van der Waals surface area contributed by atoms with E-state index in [0.717, 1.165) is 43.4 Å². The quantitative estimate of drug-likeness (QED) is 0.0757. The van der Waals surface area contributed by atoms with Gasteiger partial charge in [-0.25, -0.2) is 4.79 Å². The maximum absolute atomic E-state index is 14.0. The monoisotopic (exact) mass is 579 g/mol. The van der Waals surface area contributed by atoms with Gasteiger partial charge in [-0.3, -0.25) is 9.59 Å². The molecule has 9 nitrogen and oxygen atoms in total. The van der Waals surface area contributed by atoms with E-state index in [0.29, 0.717) is 37.3 Å². The number of unbranched alkanes of at least 4 members (excludes halogenated alkanes) is 1. The molecule has 1 aromatic carbocycles. The van der Waals surface area contributed by atoms with E-state index in [9.17, 15) is 19.5 Å². The number of hydrogen-bond acceptors (Lipinski definition) is 9. The summed E-state index contributed by atoms with van der Waals surface area (Å²) in [4.78, 5) is 41.7. The molecule has 0 bridgehead atoms. The Kier molecular flexibility index (Phi) is 10.4. The lowest BCUT2D eigenvalue weighted by Gasteiger charge is -2.26. The molecular formula is C33H45N3O6. The first kappa shape index (κ1) is 31.7. The number of aliphatic hydroxyl groups excluding tert-OH is 1. The van der Waals surface area contributed by atoms with E-state index in [1.807, 2.05) is 13.0 Å². The number of epoxide rings is 1.